The topological polar surface area (TPSA) is 49.3 Å². The van der Waals surface area contributed by atoms with Crippen LogP contribution in [-0.2, 0) is 0 Å². The second-order valence-electron chi connectivity index (χ2n) is 4.91. The van der Waals surface area contributed by atoms with Gasteiger partial charge < -0.3 is 10.4 Å². The molecule has 2 rings (SSSR count). The summed E-state index contributed by atoms with van der Waals surface area (Å²) in [4.78, 5) is 12.2. The van der Waals surface area contributed by atoms with Gasteiger partial charge in [-0.05, 0) is 47.0 Å². The number of rotatable bonds is 2. The van der Waals surface area contributed by atoms with Crippen molar-refractivity contribution in [2.45, 2.75) is 44.2 Å². The molecule has 0 spiro atoms. The van der Waals surface area contributed by atoms with Crippen molar-refractivity contribution in [3.63, 3.8) is 0 Å². The van der Waals surface area contributed by atoms with E-state index in [2.05, 4.69) is 37.2 Å². The molecule has 19 heavy (non-hydrogen) atoms. The van der Waals surface area contributed by atoms with Crippen LogP contribution in [0.25, 0.3) is 0 Å². The molecule has 1 saturated carbocycles. The van der Waals surface area contributed by atoms with Gasteiger partial charge in [-0.25, -0.2) is 0 Å². The normalized spacial score (nSPS) is 23.7. The molecule has 0 radical (unpaired) electrons. The van der Waals surface area contributed by atoms with Crippen molar-refractivity contribution in [1.82, 2.24) is 5.32 Å². The van der Waals surface area contributed by atoms with Gasteiger partial charge in [0.25, 0.3) is 5.91 Å². The Hall–Kier alpha value is -0.390. The van der Waals surface area contributed by atoms with Gasteiger partial charge >= 0.3 is 0 Å². The van der Waals surface area contributed by atoms with E-state index in [-0.39, 0.29) is 11.9 Å². The fourth-order valence-electron chi connectivity index (χ4n) is 2.38. The van der Waals surface area contributed by atoms with Crippen LogP contribution in [-0.4, -0.2) is 23.2 Å². The van der Waals surface area contributed by atoms with E-state index < -0.39 is 6.10 Å². The van der Waals surface area contributed by atoms with Crippen molar-refractivity contribution >= 4 is 37.8 Å². The Labute approximate surface area is 130 Å². The van der Waals surface area contributed by atoms with Crippen molar-refractivity contribution < 1.29 is 9.90 Å². The molecule has 1 aliphatic rings. The number of aliphatic hydroxyl groups excluding tert-OH is 1. The number of carbonyl (C=O) groups excluding carboxylic acids is 1. The third kappa shape index (κ3) is 4.04. The van der Waals surface area contributed by atoms with E-state index in [9.17, 15) is 9.90 Å². The largest absolute Gasteiger partial charge is 0.391 e. The van der Waals surface area contributed by atoms with Crippen molar-refractivity contribution in [2.75, 3.05) is 0 Å². The second kappa shape index (κ2) is 6.86. The Kier molecular flexibility index (Phi) is 5.42. The zero-order chi connectivity index (χ0) is 13.8. The lowest BCUT2D eigenvalue weighted by molar-refractivity contribution is 0.0818. The number of amides is 1. The lowest BCUT2D eigenvalue weighted by atomic mass is 10.1. The summed E-state index contributed by atoms with van der Waals surface area (Å²) < 4.78 is 1.67. The minimum Gasteiger partial charge on any atom is -0.391 e. The summed E-state index contributed by atoms with van der Waals surface area (Å²) in [6, 6.07) is 5.32. The van der Waals surface area contributed by atoms with E-state index in [1.54, 1.807) is 6.07 Å². The van der Waals surface area contributed by atoms with E-state index >= 15 is 0 Å². The van der Waals surface area contributed by atoms with E-state index in [1.165, 1.54) is 0 Å². The number of nitrogens with one attached hydrogen (secondary N) is 1. The number of aliphatic hydroxyl groups is 1. The fourth-order valence-corrected chi connectivity index (χ4v) is 3.60. The molecule has 5 heteroatoms. The molecule has 0 bridgehead atoms. The maximum atomic E-state index is 12.2. The quantitative estimate of drug-likeness (QED) is 0.757. The average molecular weight is 391 g/mol. The predicted octanol–water partition coefficient (Wildman–Crippen LogP) is 3.64. The minimum absolute atomic E-state index is 0.134. The second-order valence-corrected chi connectivity index (χ2v) is 6.68. The van der Waals surface area contributed by atoms with Crippen molar-refractivity contribution in [1.29, 1.82) is 0 Å². The molecule has 1 aliphatic carbocycles. The summed E-state index contributed by atoms with van der Waals surface area (Å²) in [6.45, 7) is 0. The van der Waals surface area contributed by atoms with Gasteiger partial charge in [0, 0.05) is 8.95 Å². The van der Waals surface area contributed by atoms with E-state index in [1.807, 2.05) is 12.1 Å². The molecule has 3 nitrogen and oxygen atoms in total. The summed E-state index contributed by atoms with van der Waals surface area (Å²) >= 11 is 6.75. The van der Waals surface area contributed by atoms with Crippen LogP contribution in [0.4, 0.5) is 0 Å². The summed E-state index contributed by atoms with van der Waals surface area (Å²) in [5, 5.41) is 13.0. The summed E-state index contributed by atoms with van der Waals surface area (Å²) in [5.41, 5.74) is 0.597. The van der Waals surface area contributed by atoms with Gasteiger partial charge in [-0.3, -0.25) is 4.79 Å². The molecule has 1 fully saturated rings. The molecular weight excluding hydrogens is 374 g/mol. The molecule has 0 aromatic heterocycles. The van der Waals surface area contributed by atoms with Gasteiger partial charge in [-0.2, -0.15) is 0 Å². The Morgan fingerprint density at radius 3 is 2.68 bits per heavy atom. The first-order chi connectivity index (χ1) is 9.08. The molecule has 104 valence electrons. The highest BCUT2D eigenvalue weighted by atomic mass is 79.9. The van der Waals surface area contributed by atoms with E-state index in [0.717, 1.165) is 41.0 Å². The van der Waals surface area contributed by atoms with Gasteiger partial charge in [0.2, 0.25) is 0 Å². The summed E-state index contributed by atoms with van der Waals surface area (Å²) in [7, 11) is 0. The Morgan fingerprint density at radius 1 is 1.21 bits per heavy atom. The first-order valence-electron chi connectivity index (χ1n) is 6.52. The van der Waals surface area contributed by atoms with Crippen LogP contribution in [0.15, 0.2) is 27.1 Å². The van der Waals surface area contributed by atoms with Crippen LogP contribution >= 0.6 is 31.9 Å². The minimum atomic E-state index is -0.430. The molecule has 0 saturated heterocycles. The van der Waals surface area contributed by atoms with Gasteiger partial charge in [0.05, 0.1) is 17.7 Å². The van der Waals surface area contributed by atoms with E-state index in [0.29, 0.717) is 5.56 Å². The fraction of sp³-hybridized carbons (Fsp3) is 0.500. The smallest absolute Gasteiger partial charge is 0.252 e. The first kappa shape index (κ1) is 15.0. The van der Waals surface area contributed by atoms with Crippen LogP contribution in [0, 0.1) is 0 Å². The average Bonchev–Trinajstić information content (AvgIpc) is 2.55. The molecule has 2 unspecified atom stereocenters. The van der Waals surface area contributed by atoms with Gasteiger partial charge in [-0.15, -0.1) is 0 Å². The maximum Gasteiger partial charge on any atom is 0.252 e. The van der Waals surface area contributed by atoms with Gasteiger partial charge in [0.1, 0.15) is 0 Å². The number of carbonyl (C=O) groups is 1. The highest BCUT2D eigenvalue weighted by Gasteiger charge is 2.24. The molecule has 0 heterocycles. The van der Waals surface area contributed by atoms with Crippen LogP contribution < -0.4 is 5.32 Å². The van der Waals surface area contributed by atoms with Crippen LogP contribution in [0.1, 0.15) is 42.5 Å². The molecule has 2 N–H and O–H groups in total. The Balaban J connectivity index is 2.07. The first-order valence-corrected chi connectivity index (χ1v) is 8.10. The monoisotopic (exact) mass is 389 g/mol. The van der Waals surface area contributed by atoms with Crippen molar-refractivity contribution in [3.05, 3.63) is 32.7 Å². The molecule has 1 aromatic carbocycles. The van der Waals surface area contributed by atoms with Crippen LogP contribution in [0.3, 0.4) is 0 Å². The Bertz CT molecular complexity index is 465. The van der Waals surface area contributed by atoms with Gasteiger partial charge in [0.15, 0.2) is 0 Å². The van der Waals surface area contributed by atoms with Crippen LogP contribution in [0.2, 0.25) is 0 Å². The molecule has 1 amide bonds. The molecular formula is C14H17Br2NO2. The highest BCUT2D eigenvalue weighted by molar-refractivity contribution is 9.11. The molecule has 1 aromatic rings. The summed E-state index contributed by atoms with van der Waals surface area (Å²) in [5.74, 6) is -0.134. The van der Waals surface area contributed by atoms with Gasteiger partial charge in [-0.1, -0.05) is 35.2 Å². The maximum absolute atomic E-state index is 12.2. The zero-order valence-corrected chi connectivity index (χ0v) is 13.7. The number of hydrogen-bond donors (Lipinski definition) is 2. The van der Waals surface area contributed by atoms with Crippen molar-refractivity contribution in [2.24, 2.45) is 0 Å². The Morgan fingerprint density at radius 2 is 1.95 bits per heavy atom. The number of benzene rings is 1. The number of hydrogen-bond acceptors (Lipinski definition) is 2. The number of halogens is 2. The molecule has 2 atom stereocenters. The third-order valence-corrected chi connectivity index (χ3v) is 4.62. The zero-order valence-electron chi connectivity index (χ0n) is 10.5. The lowest BCUT2D eigenvalue weighted by Gasteiger charge is -2.22. The van der Waals surface area contributed by atoms with Crippen molar-refractivity contribution in [3.8, 4) is 0 Å². The third-order valence-electron chi connectivity index (χ3n) is 3.47. The highest BCUT2D eigenvalue weighted by Crippen LogP contribution is 2.23. The van der Waals surface area contributed by atoms with Crippen LogP contribution in [0.5, 0.6) is 0 Å². The SMILES string of the molecule is O=C(NC1CCCCCC1O)c1ccc(Br)cc1Br. The molecule has 0 aliphatic heterocycles. The predicted molar refractivity (Wildman–Crippen MR) is 82.2 cm³/mol. The summed E-state index contributed by atoms with van der Waals surface area (Å²) in [6.07, 6.45) is 4.42. The lowest BCUT2D eigenvalue weighted by Crippen LogP contribution is -2.42. The van der Waals surface area contributed by atoms with E-state index in [4.69, 9.17) is 0 Å². The standard InChI is InChI=1S/C14H17Br2NO2/c15-9-6-7-10(11(16)8-9)14(19)17-12-4-2-1-3-5-13(12)18/h6-8,12-13,18H,1-5H2,(H,17,19).